The summed E-state index contributed by atoms with van der Waals surface area (Å²) in [4.78, 5) is 11.1. The van der Waals surface area contributed by atoms with E-state index in [0.717, 1.165) is 30.5 Å². The van der Waals surface area contributed by atoms with Gasteiger partial charge in [-0.25, -0.2) is 9.97 Å². The van der Waals surface area contributed by atoms with Gasteiger partial charge in [0, 0.05) is 25.1 Å². The van der Waals surface area contributed by atoms with Gasteiger partial charge in [0.15, 0.2) is 0 Å². The number of halogens is 1. The number of nitrogens with zero attached hydrogens (tertiary/aromatic N) is 3. The molecular formula is C13H18ClN3. The Morgan fingerprint density at radius 1 is 1.29 bits per heavy atom. The lowest BCUT2D eigenvalue weighted by atomic mass is 10.0. The van der Waals surface area contributed by atoms with E-state index in [2.05, 4.69) is 27.9 Å². The highest BCUT2D eigenvalue weighted by Crippen LogP contribution is 2.40. The molecule has 1 atom stereocenters. The van der Waals surface area contributed by atoms with Crippen LogP contribution in [0, 0.1) is 5.92 Å². The highest BCUT2D eigenvalue weighted by Gasteiger charge is 2.27. The van der Waals surface area contributed by atoms with Gasteiger partial charge in [-0.2, -0.15) is 0 Å². The fourth-order valence-electron chi connectivity index (χ4n) is 2.57. The largest absolute Gasteiger partial charge is 0.356 e. The predicted octanol–water partition coefficient (Wildman–Crippen LogP) is 3.24. The minimum atomic E-state index is 0.405. The smallest absolute Gasteiger partial charge is 0.224 e. The second-order valence-corrected chi connectivity index (χ2v) is 5.73. The van der Waals surface area contributed by atoms with E-state index in [4.69, 9.17) is 11.6 Å². The van der Waals surface area contributed by atoms with Gasteiger partial charge in [0.05, 0.1) is 5.69 Å². The third kappa shape index (κ3) is 2.54. The van der Waals surface area contributed by atoms with Crippen LogP contribution >= 0.6 is 11.6 Å². The molecule has 0 aromatic carbocycles. The summed E-state index contributed by atoms with van der Waals surface area (Å²) in [7, 11) is 0. The summed E-state index contributed by atoms with van der Waals surface area (Å²) < 4.78 is 0. The van der Waals surface area contributed by atoms with Crippen LogP contribution in [0.15, 0.2) is 6.07 Å². The van der Waals surface area contributed by atoms with Crippen LogP contribution < -0.4 is 4.90 Å². The van der Waals surface area contributed by atoms with Crippen LogP contribution in [-0.2, 0) is 0 Å². The molecule has 0 N–H and O–H groups in total. The van der Waals surface area contributed by atoms with Gasteiger partial charge in [0.2, 0.25) is 5.28 Å². The second kappa shape index (κ2) is 4.45. The lowest BCUT2D eigenvalue weighted by molar-refractivity contribution is 0.444. The predicted molar refractivity (Wildman–Crippen MR) is 69.6 cm³/mol. The Hall–Kier alpha value is -0.830. The van der Waals surface area contributed by atoms with E-state index in [1.54, 1.807) is 0 Å². The van der Waals surface area contributed by atoms with Crippen molar-refractivity contribution in [2.75, 3.05) is 18.0 Å². The average molecular weight is 252 g/mol. The average Bonchev–Trinajstić information content (AvgIpc) is 3.12. The lowest BCUT2D eigenvalue weighted by Crippen LogP contribution is -2.35. The molecule has 0 amide bonds. The third-order valence-corrected chi connectivity index (χ3v) is 3.85. The van der Waals surface area contributed by atoms with Crippen molar-refractivity contribution >= 4 is 17.4 Å². The van der Waals surface area contributed by atoms with Crippen molar-refractivity contribution in [2.24, 2.45) is 5.92 Å². The third-order valence-electron chi connectivity index (χ3n) is 3.68. The van der Waals surface area contributed by atoms with Crippen LogP contribution in [0.25, 0.3) is 0 Å². The van der Waals surface area contributed by atoms with Crippen molar-refractivity contribution < 1.29 is 0 Å². The SMILES string of the molecule is CC1CCCN(c2cc(C3CC3)nc(Cl)n2)C1. The molecule has 3 nitrogen and oxygen atoms in total. The van der Waals surface area contributed by atoms with Crippen LogP contribution in [0.3, 0.4) is 0 Å². The van der Waals surface area contributed by atoms with Gasteiger partial charge in [-0.15, -0.1) is 0 Å². The van der Waals surface area contributed by atoms with Crippen molar-refractivity contribution in [1.29, 1.82) is 0 Å². The molecule has 0 radical (unpaired) electrons. The first kappa shape index (κ1) is 11.3. The highest BCUT2D eigenvalue weighted by molar-refractivity contribution is 6.28. The van der Waals surface area contributed by atoms with Gasteiger partial charge < -0.3 is 4.90 Å². The normalized spacial score (nSPS) is 25.1. The van der Waals surface area contributed by atoms with E-state index in [1.165, 1.54) is 25.7 Å². The minimum absolute atomic E-state index is 0.405. The summed E-state index contributed by atoms with van der Waals surface area (Å²) in [6.07, 6.45) is 5.08. The van der Waals surface area contributed by atoms with Crippen molar-refractivity contribution in [3.8, 4) is 0 Å². The van der Waals surface area contributed by atoms with Crippen LogP contribution in [-0.4, -0.2) is 23.1 Å². The highest BCUT2D eigenvalue weighted by atomic mass is 35.5. The monoisotopic (exact) mass is 251 g/mol. The molecule has 1 aliphatic heterocycles. The molecule has 0 bridgehead atoms. The zero-order valence-electron chi connectivity index (χ0n) is 10.2. The molecule has 1 aliphatic carbocycles. The van der Waals surface area contributed by atoms with E-state index >= 15 is 0 Å². The Bertz CT molecular complexity index is 417. The van der Waals surface area contributed by atoms with E-state index in [0.29, 0.717) is 11.2 Å². The number of hydrogen-bond acceptors (Lipinski definition) is 3. The van der Waals surface area contributed by atoms with Crippen LogP contribution in [0.5, 0.6) is 0 Å². The maximum absolute atomic E-state index is 6.03. The zero-order chi connectivity index (χ0) is 11.8. The summed E-state index contributed by atoms with van der Waals surface area (Å²) in [6.45, 7) is 4.50. The van der Waals surface area contributed by atoms with E-state index < -0.39 is 0 Å². The second-order valence-electron chi connectivity index (χ2n) is 5.39. The summed E-state index contributed by atoms with van der Waals surface area (Å²) in [5.74, 6) is 2.41. The fraction of sp³-hybridized carbons (Fsp3) is 0.692. The zero-order valence-corrected chi connectivity index (χ0v) is 11.0. The number of rotatable bonds is 2. The fourth-order valence-corrected chi connectivity index (χ4v) is 2.75. The van der Waals surface area contributed by atoms with Gasteiger partial charge in [-0.05, 0) is 43.2 Å². The molecule has 4 heteroatoms. The molecule has 17 heavy (non-hydrogen) atoms. The Morgan fingerprint density at radius 2 is 2.12 bits per heavy atom. The van der Waals surface area contributed by atoms with E-state index in [9.17, 15) is 0 Å². The van der Waals surface area contributed by atoms with Gasteiger partial charge >= 0.3 is 0 Å². The molecule has 1 aromatic rings. The molecule has 2 heterocycles. The molecule has 2 fully saturated rings. The molecule has 0 spiro atoms. The number of hydrogen-bond donors (Lipinski definition) is 0. The molecular weight excluding hydrogens is 234 g/mol. The number of piperidine rings is 1. The van der Waals surface area contributed by atoms with Crippen molar-refractivity contribution in [2.45, 2.75) is 38.5 Å². The Kier molecular flexibility index (Phi) is 2.95. The topological polar surface area (TPSA) is 29.0 Å². The maximum atomic E-state index is 6.03. The molecule has 1 saturated heterocycles. The Balaban J connectivity index is 1.85. The Labute approximate surface area is 107 Å². The number of aromatic nitrogens is 2. The first-order chi connectivity index (χ1) is 8.22. The minimum Gasteiger partial charge on any atom is -0.356 e. The number of anilines is 1. The van der Waals surface area contributed by atoms with Crippen molar-refractivity contribution in [3.05, 3.63) is 17.0 Å². The van der Waals surface area contributed by atoms with Gasteiger partial charge in [-0.1, -0.05) is 6.92 Å². The molecule has 1 unspecified atom stereocenters. The van der Waals surface area contributed by atoms with Gasteiger partial charge in [0.25, 0.3) is 0 Å². The van der Waals surface area contributed by atoms with E-state index in [1.807, 2.05) is 0 Å². The lowest BCUT2D eigenvalue weighted by Gasteiger charge is -2.32. The van der Waals surface area contributed by atoms with E-state index in [-0.39, 0.29) is 0 Å². The maximum Gasteiger partial charge on any atom is 0.224 e. The quantitative estimate of drug-likeness (QED) is 0.756. The molecule has 3 rings (SSSR count). The molecule has 92 valence electrons. The van der Waals surface area contributed by atoms with Crippen LogP contribution in [0.2, 0.25) is 5.28 Å². The van der Waals surface area contributed by atoms with Crippen LogP contribution in [0.1, 0.15) is 44.2 Å². The molecule has 1 saturated carbocycles. The van der Waals surface area contributed by atoms with Crippen molar-refractivity contribution in [1.82, 2.24) is 9.97 Å². The first-order valence-electron chi connectivity index (χ1n) is 6.52. The summed E-state index contributed by atoms with van der Waals surface area (Å²) in [6, 6.07) is 2.14. The summed E-state index contributed by atoms with van der Waals surface area (Å²) >= 11 is 6.03. The first-order valence-corrected chi connectivity index (χ1v) is 6.89. The van der Waals surface area contributed by atoms with Gasteiger partial charge in [0.1, 0.15) is 5.82 Å². The van der Waals surface area contributed by atoms with Crippen molar-refractivity contribution in [3.63, 3.8) is 0 Å². The van der Waals surface area contributed by atoms with Gasteiger partial charge in [-0.3, -0.25) is 0 Å². The Morgan fingerprint density at radius 3 is 2.82 bits per heavy atom. The van der Waals surface area contributed by atoms with Crippen LogP contribution in [0.4, 0.5) is 5.82 Å². The molecule has 1 aromatic heterocycles. The summed E-state index contributed by atoms with van der Waals surface area (Å²) in [5.41, 5.74) is 1.14. The summed E-state index contributed by atoms with van der Waals surface area (Å²) in [5, 5.41) is 0.405. The standard InChI is InChI=1S/C13H18ClN3/c1-9-3-2-6-17(8-9)12-7-11(10-4-5-10)15-13(14)16-12/h7,9-10H,2-6,8H2,1H3. The molecule has 2 aliphatic rings.